The molecule has 0 aromatic rings. The van der Waals surface area contributed by atoms with Crippen LogP contribution in [-0.2, 0) is 15.6 Å². The predicted octanol–water partition coefficient (Wildman–Crippen LogP) is 0.115. The number of hydrogen-bond acceptors (Lipinski definition) is 3. The molecule has 0 saturated heterocycles. The van der Waals surface area contributed by atoms with Crippen LogP contribution in [0.3, 0.4) is 0 Å². The van der Waals surface area contributed by atoms with E-state index in [9.17, 15) is 9.00 Å². The zero-order valence-electron chi connectivity index (χ0n) is 10.0. The van der Waals surface area contributed by atoms with Crippen molar-refractivity contribution in [1.82, 2.24) is 10.6 Å². The molecule has 3 unspecified atom stereocenters. The summed E-state index contributed by atoms with van der Waals surface area (Å²) in [7, 11) is 1.02. The molecule has 0 rings (SSSR count). The van der Waals surface area contributed by atoms with E-state index in [-0.39, 0.29) is 17.1 Å². The molecule has 90 valence electrons. The number of carbonyl (C=O) groups excluding carboxylic acids is 1. The maximum atomic E-state index is 11.5. The monoisotopic (exact) mass is 234 g/mol. The van der Waals surface area contributed by atoms with Crippen LogP contribution in [0.5, 0.6) is 0 Å². The van der Waals surface area contributed by atoms with Crippen LogP contribution < -0.4 is 10.6 Å². The third-order valence-corrected chi connectivity index (χ3v) is 3.74. The van der Waals surface area contributed by atoms with Crippen LogP contribution in [0.25, 0.3) is 0 Å². The Morgan fingerprint density at radius 2 is 2.00 bits per heavy atom. The molecule has 15 heavy (non-hydrogen) atoms. The van der Waals surface area contributed by atoms with Crippen molar-refractivity contribution in [2.45, 2.75) is 25.5 Å². The average Bonchev–Trinajstić information content (AvgIpc) is 2.17. The van der Waals surface area contributed by atoms with E-state index in [1.54, 1.807) is 6.26 Å². The van der Waals surface area contributed by atoms with Gasteiger partial charge >= 0.3 is 0 Å². The smallest absolute Gasteiger partial charge is 0.224 e. The lowest BCUT2D eigenvalue weighted by Crippen LogP contribution is -2.35. The van der Waals surface area contributed by atoms with E-state index in [4.69, 9.17) is 0 Å². The van der Waals surface area contributed by atoms with Gasteiger partial charge < -0.3 is 10.6 Å². The first-order chi connectivity index (χ1) is 6.99. The quantitative estimate of drug-likeness (QED) is 0.657. The molecule has 0 heterocycles. The molecule has 0 bridgehead atoms. The summed E-state index contributed by atoms with van der Waals surface area (Å²) in [5, 5.41) is 5.94. The Morgan fingerprint density at radius 3 is 2.47 bits per heavy atom. The largest absolute Gasteiger partial charge is 0.356 e. The Labute approximate surface area is 94.7 Å². The first kappa shape index (κ1) is 14.6. The van der Waals surface area contributed by atoms with Gasteiger partial charge in [0.1, 0.15) is 0 Å². The number of carbonyl (C=O) groups is 1. The molecule has 2 N–H and O–H groups in total. The third-order valence-electron chi connectivity index (χ3n) is 2.37. The number of rotatable bonds is 7. The number of amides is 1. The summed E-state index contributed by atoms with van der Waals surface area (Å²) >= 11 is 0. The molecule has 4 nitrogen and oxygen atoms in total. The minimum Gasteiger partial charge on any atom is -0.356 e. The fourth-order valence-electron chi connectivity index (χ4n) is 1.14. The molecule has 0 saturated carbocycles. The van der Waals surface area contributed by atoms with Crippen molar-refractivity contribution >= 4 is 16.7 Å². The van der Waals surface area contributed by atoms with Crippen molar-refractivity contribution in [3.8, 4) is 0 Å². The molecule has 0 aliphatic heterocycles. The van der Waals surface area contributed by atoms with Crippen molar-refractivity contribution in [2.24, 2.45) is 5.92 Å². The Morgan fingerprint density at radius 1 is 1.40 bits per heavy atom. The molecular formula is C10H22N2O2S. The van der Waals surface area contributed by atoms with Gasteiger partial charge in [-0.05, 0) is 13.5 Å². The summed E-state index contributed by atoms with van der Waals surface area (Å²) in [6.45, 7) is 5.10. The molecule has 0 aliphatic carbocycles. The predicted molar refractivity (Wildman–Crippen MR) is 64.2 cm³/mol. The van der Waals surface area contributed by atoms with Gasteiger partial charge in [0.25, 0.3) is 0 Å². The van der Waals surface area contributed by atoms with Crippen molar-refractivity contribution in [2.75, 3.05) is 26.4 Å². The Bertz CT molecular complexity index is 221. The molecule has 3 atom stereocenters. The van der Waals surface area contributed by atoms with Crippen LogP contribution in [0.1, 0.15) is 20.3 Å². The zero-order chi connectivity index (χ0) is 11.8. The van der Waals surface area contributed by atoms with Gasteiger partial charge in [0.15, 0.2) is 0 Å². The standard InChI is InChI=1S/C10H22N2O2S/c1-8(7-11-3)10(13)12-6-5-9(2)15(4)14/h8-9,11H,5-7H2,1-4H3,(H,12,13). The van der Waals surface area contributed by atoms with Crippen molar-refractivity contribution in [1.29, 1.82) is 0 Å². The molecule has 1 amide bonds. The van der Waals surface area contributed by atoms with E-state index < -0.39 is 10.8 Å². The van der Waals surface area contributed by atoms with Crippen LogP contribution in [0.2, 0.25) is 0 Å². The highest BCUT2D eigenvalue weighted by Gasteiger charge is 2.12. The van der Waals surface area contributed by atoms with E-state index in [2.05, 4.69) is 10.6 Å². The lowest BCUT2D eigenvalue weighted by Gasteiger charge is -2.13. The second kappa shape index (κ2) is 7.82. The molecule has 0 radical (unpaired) electrons. The third kappa shape index (κ3) is 6.62. The van der Waals surface area contributed by atoms with Gasteiger partial charge in [0, 0.05) is 41.3 Å². The topological polar surface area (TPSA) is 58.2 Å². The summed E-state index contributed by atoms with van der Waals surface area (Å²) in [6, 6.07) is 0. The molecule has 0 aromatic heterocycles. The number of nitrogens with one attached hydrogen (secondary N) is 2. The SMILES string of the molecule is CNCC(C)C(=O)NCCC(C)S(C)=O. The fraction of sp³-hybridized carbons (Fsp3) is 0.900. The lowest BCUT2D eigenvalue weighted by molar-refractivity contribution is -0.124. The number of hydrogen-bond donors (Lipinski definition) is 2. The first-order valence-electron chi connectivity index (χ1n) is 5.23. The summed E-state index contributed by atoms with van der Waals surface area (Å²) < 4.78 is 11.0. The van der Waals surface area contributed by atoms with Crippen LogP contribution >= 0.6 is 0 Å². The Balaban J connectivity index is 3.67. The summed E-state index contributed by atoms with van der Waals surface area (Å²) in [6.07, 6.45) is 2.46. The van der Waals surface area contributed by atoms with E-state index in [1.165, 1.54) is 0 Å². The van der Waals surface area contributed by atoms with Crippen molar-refractivity contribution in [3.05, 3.63) is 0 Å². The van der Waals surface area contributed by atoms with Gasteiger partial charge in [-0.3, -0.25) is 9.00 Å². The molecule has 0 aromatic carbocycles. The first-order valence-corrected chi connectivity index (χ1v) is 6.85. The summed E-state index contributed by atoms with van der Waals surface area (Å²) in [5.41, 5.74) is 0. The lowest BCUT2D eigenvalue weighted by atomic mass is 10.1. The summed E-state index contributed by atoms with van der Waals surface area (Å²) in [4.78, 5) is 11.5. The van der Waals surface area contributed by atoms with Crippen LogP contribution in [-0.4, -0.2) is 41.8 Å². The van der Waals surface area contributed by atoms with E-state index in [1.807, 2.05) is 20.9 Å². The Kier molecular flexibility index (Phi) is 7.60. The fourth-order valence-corrected chi connectivity index (χ4v) is 1.59. The maximum Gasteiger partial charge on any atom is 0.224 e. The Hall–Kier alpha value is -0.420. The van der Waals surface area contributed by atoms with E-state index in [0.29, 0.717) is 13.1 Å². The highest BCUT2D eigenvalue weighted by atomic mass is 32.2. The van der Waals surface area contributed by atoms with Crippen molar-refractivity contribution in [3.63, 3.8) is 0 Å². The van der Waals surface area contributed by atoms with E-state index >= 15 is 0 Å². The minimum atomic E-state index is -0.803. The van der Waals surface area contributed by atoms with Gasteiger partial charge in [-0.15, -0.1) is 0 Å². The van der Waals surface area contributed by atoms with Gasteiger partial charge in [0.05, 0.1) is 0 Å². The molecule has 0 fully saturated rings. The van der Waals surface area contributed by atoms with Crippen LogP contribution in [0.4, 0.5) is 0 Å². The molecular weight excluding hydrogens is 212 g/mol. The molecule has 0 aliphatic rings. The second-order valence-electron chi connectivity index (χ2n) is 3.85. The van der Waals surface area contributed by atoms with Crippen LogP contribution in [0.15, 0.2) is 0 Å². The second-order valence-corrected chi connectivity index (χ2v) is 5.65. The summed E-state index contributed by atoms with van der Waals surface area (Å²) in [5.74, 6) is 0.0378. The normalized spacial score (nSPS) is 16.8. The minimum absolute atomic E-state index is 0.0163. The average molecular weight is 234 g/mol. The molecule has 0 spiro atoms. The highest BCUT2D eigenvalue weighted by molar-refractivity contribution is 7.84. The van der Waals surface area contributed by atoms with E-state index in [0.717, 1.165) is 6.42 Å². The molecule has 5 heteroatoms. The van der Waals surface area contributed by atoms with Gasteiger partial charge in [0.2, 0.25) is 5.91 Å². The zero-order valence-corrected chi connectivity index (χ0v) is 10.8. The van der Waals surface area contributed by atoms with Crippen molar-refractivity contribution < 1.29 is 9.00 Å². The van der Waals surface area contributed by atoms with Gasteiger partial charge in [-0.2, -0.15) is 0 Å². The van der Waals surface area contributed by atoms with Gasteiger partial charge in [-0.1, -0.05) is 13.8 Å². The highest BCUT2D eigenvalue weighted by Crippen LogP contribution is 1.98. The van der Waals surface area contributed by atoms with Gasteiger partial charge in [-0.25, -0.2) is 0 Å². The maximum absolute atomic E-state index is 11.5. The van der Waals surface area contributed by atoms with Crippen LogP contribution in [0, 0.1) is 5.92 Å².